The van der Waals surface area contributed by atoms with E-state index in [4.69, 9.17) is 16.1 Å². The molecule has 9 heteroatoms. The molecule has 2 aromatic carbocycles. The number of H-pyrrole nitrogens is 1. The molecule has 4 aromatic rings. The molecular weight excluding hydrogens is 439 g/mol. The van der Waals surface area contributed by atoms with Gasteiger partial charge in [0, 0.05) is 18.5 Å². The van der Waals surface area contributed by atoms with Crippen molar-refractivity contribution in [2.24, 2.45) is 0 Å². The van der Waals surface area contributed by atoms with Gasteiger partial charge < -0.3 is 14.2 Å². The SMILES string of the molecule is CCCCc1nc(Cl)c(CO)n1Cc1ccc(-c2ccccc2-c2nc(=O)o[nH]2)cc1.[NaH]. The van der Waals surface area contributed by atoms with Gasteiger partial charge in [0.2, 0.25) is 0 Å². The van der Waals surface area contributed by atoms with Crippen LogP contribution < -0.4 is 5.76 Å². The Morgan fingerprint density at radius 2 is 1.81 bits per heavy atom. The normalized spacial score (nSPS) is 10.8. The Hall–Kier alpha value is -2.16. The third kappa shape index (κ3) is 5.24. The van der Waals surface area contributed by atoms with Gasteiger partial charge in [-0.15, -0.1) is 0 Å². The molecule has 0 atom stereocenters. The fourth-order valence-corrected chi connectivity index (χ4v) is 3.89. The van der Waals surface area contributed by atoms with Gasteiger partial charge >= 0.3 is 35.3 Å². The maximum atomic E-state index is 11.3. The van der Waals surface area contributed by atoms with Gasteiger partial charge in [0.15, 0.2) is 11.0 Å². The summed E-state index contributed by atoms with van der Waals surface area (Å²) >= 11 is 6.25. The molecule has 0 unspecified atom stereocenters. The van der Waals surface area contributed by atoms with Crippen molar-refractivity contribution >= 4 is 41.2 Å². The molecule has 0 radical (unpaired) electrons. The standard InChI is InChI=1S/C23H23ClN4O3.Na.H/c1-2-3-8-20-25-21(24)19(14-29)28(20)13-15-9-11-16(12-10-15)17-6-4-5-7-18(17)22-26-23(30)31-27-22;;/h4-7,9-12,29H,2-3,8,13-14H2,1H3,(H,26,27,30);;. The number of benzene rings is 2. The Bertz CT molecular complexity index is 1230. The van der Waals surface area contributed by atoms with Crippen LogP contribution in [0.2, 0.25) is 5.15 Å². The molecule has 2 heterocycles. The molecule has 4 rings (SSSR count). The van der Waals surface area contributed by atoms with Crippen LogP contribution in [0.15, 0.2) is 57.8 Å². The number of aromatic amines is 1. The summed E-state index contributed by atoms with van der Waals surface area (Å²) in [4.78, 5) is 19.7. The van der Waals surface area contributed by atoms with E-state index in [1.54, 1.807) is 0 Å². The number of rotatable bonds is 8. The van der Waals surface area contributed by atoms with Gasteiger partial charge in [-0.3, -0.25) is 0 Å². The van der Waals surface area contributed by atoms with E-state index in [1.807, 2.05) is 53.1 Å². The molecule has 2 N–H and O–H groups in total. The summed E-state index contributed by atoms with van der Waals surface area (Å²) in [6.07, 6.45) is 2.89. The summed E-state index contributed by atoms with van der Waals surface area (Å²) in [7, 11) is 0. The second-order valence-corrected chi connectivity index (χ2v) is 7.64. The van der Waals surface area contributed by atoms with Crippen molar-refractivity contribution in [1.29, 1.82) is 0 Å². The predicted molar refractivity (Wildman–Crippen MR) is 126 cm³/mol. The van der Waals surface area contributed by atoms with Gasteiger partial charge in [-0.2, -0.15) is 10.1 Å². The van der Waals surface area contributed by atoms with E-state index in [9.17, 15) is 9.90 Å². The molecule has 0 saturated carbocycles. The minimum absolute atomic E-state index is 0. The summed E-state index contributed by atoms with van der Waals surface area (Å²) in [5.41, 5.74) is 4.41. The number of hydrogen-bond acceptors (Lipinski definition) is 5. The first-order valence-corrected chi connectivity index (χ1v) is 10.6. The predicted octanol–water partition coefficient (Wildman–Crippen LogP) is 3.78. The van der Waals surface area contributed by atoms with Crippen LogP contribution in [0.5, 0.6) is 0 Å². The first-order chi connectivity index (χ1) is 15.1. The zero-order valence-electron chi connectivity index (χ0n) is 17.1. The molecule has 0 fully saturated rings. The summed E-state index contributed by atoms with van der Waals surface area (Å²) < 4.78 is 6.73. The van der Waals surface area contributed by atoms with Crippen LogP contribution in [0, 0.1) is 0 Å². The number of imidazole rings is 1. The van der Waals surface area contributed by atoms with Crippen molar-refractivity contribution in [3.63, 3.8) is 0 Å². The van der Waals surface area contributed by atoms with E-state index >= 15 is 0 Å². The van der Waals surface area contributed by atoms with Crippen LogP contribution in [-0.2, 0) is 19.6 Å². The molecule has 162 valence electrons. The Labute approximate surface area is 212 Å². The summed E-state index contributed by atoms with van der Waals surface area (Å²) in [6.45, 7) is 2.56. The van der Waals surface area contributed by atoms with Crippen molar-refractivity contribution in [3.8, 4) is 22.5 Å². The number of halogens is 1. The van der Waals surface area contributed by atoms with Crippen molar-refractivity contribution in [1.82, 2.24) is 19.7 Å². The number of nitrogens with one attached hydrogen (secondary N) is 1. The third-order valence-corrected chi connectivity index (χ3v) is 5.54. The van der Waals surface area contributed by atoms with Crippen molar-refractivity contribution < 1.29 is 9.63 Å². The third-order valence-electron chi connectivity index (χ3n) is 5.23. The van der Waals surface area contributed by atoms with Crippen LogP contribution >= 0.6 is 11.6 Å². The first-order valence-electron chi connectivity index (χ1n) is 10.2. The Morgan fingerprint density at radius 3 is 2.44 bits per heavy atom. The van der Waals surface area contributed by atoms with E-state index in [-0.39, 0.29) is 36.2 Å². The molecule has 2 aromatic heterocycles. The molecule has 7 nitrogen and oxygen atoms in total. The topological polar surface area (TPSA) is 96.9 Å². The van der Waals surface area contributed by atoms with E-state index in [2.05, 4.69) is 22.0 Å². The zero-order chi connectivity index (χ0) is 21.8. The number of unbranched alkanes of at least 4 members (excludes halogenated alkanes) is 1. The molecule has 0 saturated heterocycles. The van der Waals surface area contributed by atoms with Crippen LogP contribution in [0.4, 0.5) is 0 Å². The number of hydrogen-bond donors (Lipinski definition) is 2. The molecule has 0 aliphatic rings. The summed E-state index contributed by atoms with van der Waals surface area (Å²) in [6, 6.07) is 15.8. The zero-order valence-corrected chi connectivity index (χ0v) is 17.9. The molecular formula is C23H24ClN4NaO3. The monoisotopic (exact) mass is 462 g/mol. The Balaban J connectivity index is 0.00000289. The van der Waals surface area contributed by atoms with Crippen LogP contribution in [0.1, 0.15) is 36.8 Å². The van der Waals surface area contributed by atoms with E-state index in [0.717, 1.165) is 47.3 Å². The van der Waals surface area contributed by atoms with Crippen molar-refractivity contribution in [3.05, 3.63) is 81.3 Å². The van der Waals surface area contributed by atoms with E-state index in [1.165, 1.54) is 0 Å². The van der Waals surface area contributed by atoms with Crippen LogP contribution in [-0.4, -0.2) is 54.4 Å². The number of aliphatic hydroxyl groups excluding tert-OH is 1. The number of nitrogens with zero attached hydrogens (tertiary/aromatic N) is 3. The number of aryl methyl sites for hydroxylation is 1. The maximum absolute atomic E-state index is 11.3. The average Bonchev–Trinajstić information content (AvgIpc) is 3.35. The van der Waals surface area contributed by atoms with Gasteiger partial charge in [0.05, 0.1) is 12.3 Å². The van der Waals surface area contributed by atoms with Crippen LogP contribution in [0.3, 0.4) is 0 Å². The number of aliphatic hydroxyl groups is 1. The second kappa shape index (κ2) is 11.1. The van der Waals surface area contributed by atoms with Gasteiger partial charge in [-0.25, -0.2) is 9.78 Å². The molecule has 0 aliphatic carbocycles. The van der Waals surface area contributed by atoms with Gasteiger partial charge in [-0.1, -0.05) is 73.5 Å². The Kier molecular flexibility index (Phi) is 8.51. The van der Waals surface area contributed by atoms with Crippen LogP contribution in [0.25, 0.3) is 22.5 Å². The van der Waals surface area contributed by atoms with Crippen molar-refractivity contribution in [2.45, 2.75) is 39.3 Å². The quantitative estimate of drug-likeness (QED) is 0.388. The summed E-state index contributed by atoms with van der Waals surface area (Å²) in [5, 5.41) is 12.7. The van der Waals surface area contributed by atoms with Gasteiger partial charge in [-0.05, 0) is 23.1 Å². The average molecular weight is 463 g/mol. The van der Waals surface area contributed by atoms with E-state index in [0.29, 0.717) is 23.2 Å². The minimum atomic E-state index is -0.655. The molecule has 32 heavy (non-hydrogen) atoms. The fourth-order valence-electron chi connectivity index (χ4n) is 3.63. The fraction of sp³-hybridized carbons (Fsp3) is 0.261. The van der Waals surface area contributed by atoms with E-state index < -0.39 is 5.76 Å². The summed E-state index contributed by atoms with van der Waals surface area (Å²) in [5.74, 6) is 0.629. The molecule has 0 bridgehead atoms. The van der Waals surface area contributed by atoms with Gasteiger partial charge in [0.25, 0.3) is 0 Å². The number of aromatic nitrogens is 4. The second-order valence-electron chi connectivity index (χ2n) is 7.29. The molecule has 0 spiro atoms. The molecule has 0 aliphatic heterocycles. The van der Waals surface area contributed by atoms with Gasteiger partial charge in [0.1, 0.15) is 5.82 Å². The first kappa shape index (κ1) is 24.5. The Morgan fingerprint density at radius 1 is 1.09 bits per heavy atom. The van der Waals surface area contributed by atoms with Crippen molar-refractivity contribution in [2.75, 3.05) is 0 Å². The molecule has 0 amide bonds.